The molecule has 0 N–H and O–H groups in total. The van der Waals surface area contributed by atoms with Gasteiger partial charge in [-0.25, -0.2) is 0 Å². The molecule has 2 aliphatic rings. The second-order valence-corrected chi connectivity index (χ2v) is 7.48. The van der Waals surface area contributed by atoms with Gasteiger partial charge in [0.15, 0.2) is 0 Å². The van der Waals surface area contributed by atoms with Crippen LogP contribution in [0.25, 0.3) is 23.9 Å². The molecule has 0 amide bonds. The van der Waals surface area contributed by atoms with Crippen molar-refractivity contribution >= 4 is 23.9 Å². The first kappa shape index (κ1) is 13.9. The van der Waals surface area contributed by atoms with Gasteiger partial charge in [-0.1, -0.05) is 39.1 Å². The third-order valence-corrected chi connectivity index (χ3v) is 5.93. The van der Waals surface area contributed by atoms with Gasteiger partial charge >= 0.3 is 0 Å². The lowest BCUT2D eigenvalue weighted by atomic mass is 9.78. The van der Waals surface area contributed by atoms with Crippen LogP contribution in [0.2, 0.25) is 0 Å². The molecule has 0 bridgehead atoms. The first-order valence-corrected chi connectivity index (χ1v) is 8.38. The predicted molar refractivity (Wildman–Crippen MR) is 94.0 cm³/mol. The number of benzene rings is 2. The lowest BCUT2D eigenvalue weighted by Crippen LogP contribution is -2.37. The van der Waals surface area contributed by atoms with E-state index in [1.165, 1.54) is 46.7 Å². The summed E-state index contributed by atoms with van der Waals surface area (Å²) in [4.78, 5) is 0. The number of ether oxygens (including phenoxy) is 1. The number of hydrogen-bond donors (Lipinski definition) is 0. The van der Waals surface area contributed by atoms with E-state index in [1.54, 1.807) is 0 Å². The van der Waals surface area contributed by atoms with Crippen molar-refractivity contribution in [3.8, 4) is 5.75 Å². The minimum Gasteiger partial charge on any atom is -0.489 e. The summed E-state index contributed by atoms with van der Waals surface area (Å²) in [7, 11) is 0. The van der Waals surface area contributed by atoms with Crippen LogP contribution in [0.4, 0.5) is 0 Å². The molecule has 1 heterocycles. The Morgan fingerprint density at radius 1 is 1.09 bits per heavy atom. The maximum absolute atomic E-state index is 6.29. The lowest BCUT2D eigenvalue weighted by Gasteiger charge is -2.23. The molecule has 0 spiro atoms. The molecule has 1 unspecified atom stereocenters. The zero-order chi connectivity index (χ0) is 15.6. The monoisotopic (exact) mass is 292 g/mol. The summed E-state index contributed by atoms with van der Waals surface area (Å²) in [5.41, 5.74) is 4.23. The van der Waals surface area contributed by atoms with Crippen LogP contribution in [-0.4, -0.2) is 6.10 Å². The van der Waals surface area contributed by atoms with Gasteiger partial charge in [0.1, 0.15) is 11.9 Å². The Morgan fingerprint density at radius 2 is 1.82 bits per heavy atom. The summed E-state index contributed by atoms with van der Waals surface area (Å²) < 4.78 is 6.29. The normalized spacial score (nSPS) is 22.2. The van der Waals surface area contributed by atoms with Gasteiger partial charge in [-0.15, -0.1) is 0 Å². The molecular formula is C21H24O. The number of rotatable bonds is 0. The molecule has 0 saturated carbocycles. The Labute approximate surface area is 132 Å². The zero-order valence-corrected chi connectivity index (χ0v) is 13.9. The summed E-state index contributed by atoms with van der Waals surface area (Å²) in [5.74, 6) is 1.05. The lowest BCUT2D eigenvalue weighted by molar-refractivity contribution is 0.187. The molecular weight excluding hydrogens is 268 g/mol. The maximum Gasteiger partial charge on any atom is 0.132 e. The second kappa shape index (κ2) is 4.38. The van der Waals surface area contributed by atoms with Crippen LogP contribution >= 0.6 is 0 Å². The van der Waals surface area contributed by atoms with Crippen molar-refractivity contribution in [3.63, 3.8) is 0 Å². The summed E-state index contributed by atoms with van der Waals surface area (Å²) in [6, 6.07) is 4.55. The van der Waals surface area contributed by atoms with Gasteiger partial charge in [0.2, 0.25) is 0 Å². The second-order valence-electron chi connectivity index (χ2n) is 7.48. The van der Waals surface area contributed by atoms with Crippen LogP contribution in [0.15, 0.2) is 12.1 Å². The average Bonchev–Trinajstić information content (AvgIpc) is 2.74. The molecule has 0 saturated heterocycles. The van der Waals surface area contributed by atoms with Crippen LogP contribution < -0.4 is 15.2 Å². The molecule has 1 aliphatic carbocycles. The topological polar surface area (TPSA) is 9.23 Å². The van der Waals surface area contributed by atoms with E-state index < -0.39 is 0 Å². The first-order valence-electron chi connectivity index (χ1n) is 8.38. The highest BCUT2D eigenvalue weighted by molar-refractivity contribution is 5.94. The van der Waals surface area contributed by atoms with Gasteiger partial charge in [-0.2, -0.15) is 0 Å². The Bertz CT molecular complexity index is 889. The molecule has 1 nitrogen and oxygen atoms in total. The molecule has 1 atom stereocenters. The third kappa shape index (κ3) is 1.60. The van der Waals surface area contributed by atoms with Crippen LogP contribution in [-0.2, 0) is 18.3 Å². The standard InChI is InChI=1S/C21H24O/c1-12-13(2)19-20(22-14(3)21(19,4)5)17-11-10-15-8-6-7-9-16(15)18(12)17/h10-11,14H,1-2,6-9H2,3-5H3. The van der Waals surface area contributed by atoms with E-state index in [1.807, 2.05) is 0 Å². The van der Waals surface area contributed by atoms with Gasteiger partial charge in [-0.3, -0.25) is 0 Å². The predicted octanol–water partition coefficient (Wildman–Crippen LogP) is 3.60. The van der Waals surface area contributed by atoms with Crippen molar-refractivity contribution in [2.75, 3.05) is 0 Å². The Balaban J connectivity index is 2.19. The fraction of sp³-hybridized carbons (Fsp3) is 0.429. The molecule has 22 heavy (non-hydrogen) atoms. The van der Waals surface area contributed by atoms with E-state index in [0.29, 0.717) is 0 Å². The molecule has 1 heteroatoms. The molecule has 1 aliphatic heterocycles. The first-order chi connectivity index (χ1) is 10.4. The van der Waals surface area contributed by atoms with Crippen LogP contribution in [0.3, 0.4) is 0 Å². The average molecular weight is 292 g/mol. The Hall–Kier alpha value is -1.76. The molecule has 0 aromatic heterocycles. The fourth-order valence-electron chi connectivity index (χ4n) is 4.27. The van der Waals surface area contributed by atoms with Gasteiger partial charge in [-0.05, 0) is 59.6 Å². The summed E-state index contributed by atoms with van der Waals surface area (Å²) in [6.45, 7) is 15.4. The minimum atomic E-state index is -0.0110. The molecule has 114 valence electrons. The molecule has 0 fully saturated rings. The number of hydrogen-bond acceptors (Lipinski definition) is 1. The van der Waals surface area contributed by atoms with Gasteiger partial charge in [0, 0.05) is 16.4 Å². The van der Waals surface area contributed by atoms with E-state index in [-0.39, 0.29) is 11.5 Å². The smallest absolute Gasteiger partial charge is 0.132 e. The largest absolute Gasteiger partial charge is 0.489 e. The Kier molecular flexibility index (Phi) is 2.76. The fourth-order valence-corrected chi connectivity index (χ4v) is 4.27. The van der Waals surface area contributed by atoms with E-state index in [0.717, 1.165) is 22.6 Å². The molecule has 2 aromatic carbocycles. The summed E-state index contributed by atoms with van der Waals surface area (Å²) >= 11 is 0. The number of aryl methyl sites for hydroxylation is 2. The van der Waals surface area contributed by atoms with E-state index in [2.05, 4.69) is 46.1 Å². The minimum absolute atomic E-state index is 0.0110. The molecule has 0 radical (unpaired) electrons. The molecule has 2 aromatic rings. The maximum atomic E-state index is 6.29. The van der Waals surface area contributed by atoms with Crippen LogP contribution in [0, 0.1) is 0 Å². The highest BCUT2D eigenvalue weighted by atomic mass is 16.5. The van der Waals surface area contributed by atoms with Crippen LogP contribution in [0.1, 0.15) is 50.3 Å². The van der Waals surface area contributed by atoms with Crippen molar-refractivity contribution in [1.82, 2.24) is 0 Å². The van der Waals surface area contributed by atoms with Crippen molar-refractivity contribution in [2.45, 2.75) is 58.0 Å². The van der Waals surface area contributed by atoms with Crippen molar-refractivity contribution in [2.24, 2.45) is 0 Å². The van der Waals surface area contributed by atoms with E-state index in [9.17, 15) is 0 Å². The quantitative estimate of drug-likeness (QED) is 0.721. The summed E-state index contributed by atoms with van der Waals surface area (Å²) in [6.07, 6.45) is 5.10. The highest BCUT2D eigenvalue weighted by Gasteiger charge is 2.40. The summed E-state index contributed by atoms with van der Waals surface area (Å²) in [5, 5.41) is 4.74. The van der Waals surface area contributed by atoms with Crippen molar-refractivity contribution < 1.29 is 4.74 Å². The third-order valence-electron chi connectivity index (χ3n) is 5.93. The van der Waals surface area contributed by atoms with E-state index >= 15 is 0 Å². The highest BCUT2D eigenvalue weighted by Crippen LogP contribution is 2.44. The molecule has 4 rings (SSSR count). The zero-order valence-electron chi connectivity index (χ0n) is 13.9. The van der Waals surface area contributed by atoms with Crippen LogP contribution in [0.5, 0.6) is 5.75 Å². The van der Waals surface area contributed by atoms with Crippen molar-refractivity contribution in [3.05, 3.63) is 39.3 Å². The SMILES string of the molecule is C=c1c2c(c3ccc4c(c3c1=C)CCCC4)OC(C)C2(C)C. The Morgan fingerprint density at radius 3 is 2.59 bits per heavy atom. The number of fused-ring (bicyclic) bond motifs is 5. The van der Waals surface area contributed by atoms with Gasteiger partial charge in [0.25, 0.3) is 0 Å². The van der Waals surface area contributed by atoms with E-state index in [4.69, 9.17) is 4.74 Å². The van der Waals surface area contributed by atoms with Gasteiger partial charge < -0.3 is 4.74 Å². The van der Waals surface area contributed by atoms with Crippen molar-refractivity contribution in [1.29, 1.82) is 0 Å². The van der Waals surface area contributed by atoms with Gasteiger partial charge in [0.05, 0.1) is 0 Å².